The standard InChI is InChI=1S/C12H13NO5S/c1-6(14)10-7(2)18-12(13(15)16)11(10)9-4-8(17-3)5-19-9/h4-5,11-12H,1-3H3. The predicted octanol–water partition coefficient (Wildman–Crippen LogP) is 2.34. The van der Waals surface area contributed by atoms with Crippen molar-refractivity contribution in [3.05, 3.63) is 37.8 Å². The molecule has 19 heavy (non-hydrogen) atoms. The molecule has 1 aliphatic heterocycles. The molecule has 2 heterocycles. The Morgan fingerprint density at radius 1 is 1.58 bits per heavy atom. The molecule has 0 spiro atoms. The summed E-state index contributed by atoms with van der Waals surface area (Å²) >= 11 is 1.32. The zero-order valence-electron chi connectivity index (χ0n) is 10.7. The third kappa shape index (κ3) is 2.33. The molecule has 0 N–H and O–H groups in total. The Labute approximate surface area is 113 Å². The summed E-state index contributed by atoms with van der Waals surface area (Å²) in [4.78, 5) is 23.0. The summed E-state index contributed by atoms with van der Waals surface area (Å²) in [6.07, 6.45) is -1.25. The zero-order valence-corrected chi connectivity index (χ0v) is 11.5. The fourth-order valence-electron chi connectivity index (χ4n) is 2.19. The first-order chi connectivity index (χ1) is 8.95. The Hall–Kier alpha value is -1.89. The van der Waals surface area contributed by atoms with Crippen LogP contribution in [0.5, 0.6) is 5.75 Å². The molecular formula is C12H13NO5S. The summed E-state index contributed by atoms with van der Waals surface area (Å²) < 4.78 is 10.3. The van der Waals surface area contributed by atoms with Crippen molar-refractivity contribution >= 4 is 17.1 Å². The summed E-state index contributed by atoms with van der Waals surface area (Å²) in [7, 11) is 1.52. The van der Waals surface area contributed by atoms with Gasteiger partial charge in [-0.2, -0.15) is 0 Å². The molecule has 0 amide bonds. The highest BCUT2D eigenvalue weighted by Crippen LogP contribution is 2.43. The Morgan fingerprint density at radius 3 is 2.74 bits per heavy atom. The first kappa shape index (κ1) is 13.5. The van der Waals surface area contributed by atoms with Gasteiger partial charge in [0.1, 0.15) is 17.4 Å². The highest BCUT2D eigenvalue weighted by molar-refractivity contribution is 7.10. The molecule has 0 saturated carbocycles. The van der Waals surface area contributed by atoms with E-state index in [1.54, 1.807) is 18.4 Å². The van der Waals surface area contributed by atoms with Crippen molar-refractivity contribution in [1.29, 1.82) is 0 Å². The molecule has 1 aromatic rings. The van der Waals surface area contributed by atoms with Gasteiger partial charge < -0.3 is 9.47 Å². The minimum atomic E-state index is -1.25. The van der Waals surface area contributed by atoms with Crippen LogP contribution >= 0.6 is 11.3 Å². The summed E-state index contributed by atoms with van der Waals surface area (Å²) in [5.74, 6) is 0.0711. The van der Waals surface area contributed by atoms with Crippen LogP contribution in [0.3, 0.4) is 0 Å². The van der Waals surface area contributed by atoms with Crippen molar-refractivity contribution in [2.75, 3.05) is 7.11 Å². The molecule has 0 aromatic carbocycles. The molecule has 6 nitrogen and oxygen atoms in total. The second-order valence-electron chi connectivity index (χ2n) is 4.19. The lowest BCUT2D eigenvalue weighted by Gasteiger charge is -2.11. The molecule has 0 bridgehead atoms. The van der Waals surface area contributed by atoms with Crippen molar-refractivity contribution in [3.63, 3.8) is 0 Å². The molecule has 7 heteroatoms. The van der Waals surface area contributed by atoms with E-state index in [2.05, 4.69) is 0 Å². The maximum Gasteiger partial charge on any atom is 0.365 e. The van der Waals surface area contributed by atoms with Crippen LogP contribution in [-0.2, 0) is 9.53 Å². The van der Waals surface area contributed by atoms with Crippen molar-refractivity contribution < 1.29 is 19.2 Å². The number of ether oxygens (including phenoxy) is 2. The summed E-state index contributed by atoms with van der Waals surface area (Å²) in [5, 5.41) is 12.8. The highest BCUT2D eigenvalue weighted by atomic mass is 32.1. The number of ketones is 1. The number of nitro groups is 1. The normalized spacial score (nSPS) is 22.3. The molecule has 0 radical (unpaired) electrons. The molecule has 0 saturated heterocycles. The average molecular weight is 283 g/mol. The van der Waals surface area contributed by atoms with Crippen LogP contribution in [-0.4, -0.2) is 24.0 Å². The van der Waals surface area contributed by atoms with Gasteiger partial charge in [-0.3, -0.25) is 14.9 Å². The van der Waals surface area contributed by atoms with Crippen LogP contribution < -0.4 is 4.74 Å². The van der Waals surface area contributed by atoms with Gasteiger partial charge in [0.15, 0.2) is 5.78 Å². The number of hydrogen-bond donors (Lipinski definition) is 0. The van der Waals surface area contributed by atoms with E-state index in [4.69, 9.17) is 9.47 Å². The maximum absolute atomic E-state index is 11.7. The van der Waals surface area contributed by atoms with Gasteiger partial charge in [0.25, 0.3) is 0 Å². The maximum atomic E-state index is 11.7. The van der Waals surface area contributed by atoms with E-state index in [1.165, 1.54) is 25.4 Å². The number of methoxy groups -OCH3 is 1. The number of carbonyl (C=O) groups excluding carboxylic acids is 1. The summed E-state index contributed by atoms with van der Waals surface area (Å²) in [6.45, 7) is 2.97. The Kier molecular flexibility index (Phi) is 3.57. The van der Waals surface area contributed by atoms with Crippen molar-refractivity contribution in [1.82, 2.24) is 0 Å². The first-order valence-corrected chi connectivity index (χ1v) is 6.48. The van der Waals surface area contributed by atoms with Crippen LogP contribution in [0.1, 0.15) is 24.6 Å². The minimum absolute atomic E-state index is 0.209. The fourth-order valence-corrected chi connectivity index (χ4v) is 3.17. The third-order valence-electron chi connectivity index (χ3n) is 3.00. The lowest BCUT2D eigenvalue weighted by Crippen LogP contribution is -2.26. The van der Waals surface area contributed by atoms with E-state index in [0.29, 0.717) is 22.0 Å². The van der Waals surface area contributed by atoms with E-state index < -0.39 is 17.1 Å². The topological polar surface area (TPSA) is 78.7 Å². The predicted molar refractivity (Wildman–Crippen MR) is 68.9 cm³/mol. The molecule has 1 aliphatic rings. The molecule has 1 aromatic heterocycles. The van der Waals surface area contributed by atoms with Crippen LogP contribution in [0.25, 0.3) is 0 Å². The second kappa shape index (κ2) is 5.00. The molecule has 0 aliphatic carbocycles. The van der Waals surface area contributed by atoms with Crippen LogP contribution in [0.15, 0.2) is 22.8 Å². The molecule has 2 unspecified atom stereocenters. The third-order valence-corrected chi connectivity index (χ3v) is 3.99. The quantitative estimate of drug-likeness (QED) is 0.626. The monoisotopic (exact) mass is 283 g/mol. The number of hydrogen-bond acceptors (Lipinski definition) is 6. The van der Waals surface area contributed by atoms with E-state index in [1.807, 2.05) is 0 Å². The Balaban J connectivity index is 2.46. The summed E-state index contributed by atoms with van der Waals surface area (Å²) in [5.41, 5.74) is 0.367. The highest BCUT2D eigenvalue weighted by Gasteiger charge is 2.46. The Morgan fingerprint density at radius 2 is 2.26 bits per heavy atom. The van der Waals surface area contributed by atoms with E-state index in [9.17, 15) is 14.9 Å². The minimum Gasteiger partial charge on any atom is -0.496 e. The van der Waals surface area contributed by atoms with E-state index in [-0.39, 0.29) is 5.78 Å². The number of nitrogens with zero attached hydrogens (tertiary/aromatic N) is 1. The van der Waals surface area contributed by atoms with Gasteiger partial charge in [-0.1, -0.05) is 0 Å². The molecule has 2 rings (SSSR count). The van der Waals surface area contributed by atoms with E-state index in [0.717, 1.165) is 0 Å². The van der Waals surface area contributed by atoms with E-state index >= 15 is 0 Å². The SMILES string of the molecule is COc1csc(C2C(C(C)=O)=C(C)OC2[N+](=O)[O-])c1. The molecular weight excluding hydrogens is 270 g/mol. The number of thiophene rings is 1. The lowest BCUT2D eigenvalue weighted by molar-refractivity contribution is -0.570. The smallest absolute Gasteiger partial charge is 0.365 e. The number of Topliss-reactive ketones (excluding diaryl/α,β-unsaturated/α-hetero) is 1. The van der Waals surface area contributed by atoms with Gasteiger partial charge in [0.05, 0.1) is 17.6 Å². The molecule has 102 valence electrons. The van der Waals surface area contributed by atoms with Gasteiger partial charge in [0, 0.05) is 10.3 Å². The zero-order chi connectivity index (χ0) is 14.2. The van der Waals surface area contributed by atoms with Gasteiger partial charge in [-0.25, -0.2) is 0 Å². The average Bonchev–Trinajstić information content (AvgIpc) is 2.91. The molecule has 0 fully saturated rings. The Bertz CT molecular complexity index is 562. The van der Waals surface area contributed by atoms with Crippen LogP contribution in [0.2, 0.25) is 0 Å². The van der Waals surface area contributed by atoms with Crippen molar-refractivity contribution in [3.8, 4) is 5.75 Å². The largest absolute Gasteiger partial charge is 0.496 e. The van der Waals surface area contributed by atoms with Gasteiger partial charge >= 0.3 is 6.23 Å². The first-order valence-electron chi connectivity index (χ1n) is 5.60. The summed E-state index contributed by atoms with van der Waals surface area (Å²) in [6, 6.07) is 1.71. The van der Waals surface area contributed by atoms with Gasteiger partial charge in [0.2, 0.25) is 0 Å². The van der Waals surface area contributed by atoms with Crippen LogP contribution in [0.4, 0.5) is 0 Å². The number of allylic oxidation sites excluding steroid dienone is 1. The van der Waals surface area contributed by atoms with Crippen LogP contribution in [0, 0.1) is 10.1 Å². The number of carbonyl (C=O) groups is 1. The number of rotatable bonds is 4. The van der Waals surface area contributed by atoms with Crippen molar-refractivity contribution in [2.24, 2.45) is 0 Å². The molecule has 2 atom stereocenters. The van der Waals surface area contributed by atoms with Crippen molar-refractivity contribution in [2.45, 2.75) is 26.0 Å². The van der Waals surface area contributed by atoms with Gasteiger partial charge in [-0.05, 0) is 19.9 Å². The lowest BCUT2D eigenvalue weighted by atomic mass is 9.94. The second-order valence-corrected chi connectivity index (χ2v) is 5.13. The fraction of sp³-hybridized carbons (Fsp3) is 0.417. The van der Waals surface area contributed by atoms with Gasteiger partial charge in [-0.15, -0.1) is 11.3 Å².